The fraction of sp³-hybridized carbons (Fsp3) is 0.514. The Morgan fingerprint density at radius 3 is 2.34 bits per heavy atom. The maximum absolute atomic E-state index is 13.5. The largest absolute Gasteiger partial charge is 0.461 e. The molecule has 1 aliphatic carbocycles. The third kappa shape index (κ3) is 7.47. The molecular formula is C35H40Br2ClN5O4. The second-order valence-corrected chi connectivity index (χ2v) is 15.1. The fourth-order valence-corrected chi connectivity index (χ4v) is 9.02. The maximum Gasteiger partial charge on any atom is 0.358 e. The van der Waals surface area contributed by atoms with Gasteiger partial charge in [0.25, 0.3) is 0 Å². The van der Waals surface area contributed by atoms with Crippen molar-refractivity contribution in [2.75, 3.05) is 32.8 Å². The van der Waals surface area contributed by atoms with Crippen LogP contribution >= 0.6 is 43.5 Å². The molecule has 250 valence electrons. The van der Waals surface area contributed by atoms with Gasteiger partial charge in [-0.1, -0.05) is 27.5 Å². The summed E-state index contributed by atoms with van der Waals surface area (Å²) in [5, 5.41) is 0.739. The zero-order valence-corrected chi connectivity index (χ0v) is 30.7. The number of amides is 2. The minimum Gasteiger partial charge on any atom is -0.461 e. The summed E-state index contributed by atoms with van der Waals surface area (Å²) in [4.78, 5) is 51.6. The van der Waals surface area contributed by atoms with E-state index in [9.17, 15) is 14.4 Å². The number of imidazole rings is 1. The third-order valence-corrected chi connectivity index (χ3v) is 11.4. The summed E-state index contributed by atoms with van der Waals surface area (Å²) < 4.78 is 8.78. The van der Waals surface area contributed by atoms with Gasteiger partial charge in [0.05, 0.1) is 18.6 Å². The molecule has 0 saturated carbocycles. The van der Waals surface area contributed by atoms with Gasteiger partial charge in [-0.05, 0) is 115 Å². The van der Waals surface area contributed by atoms with E-state index in [0.29, 0.717) is 31.1 Å². The number of hydrogen-bond donors (Lipinski definition) is 0. The molecule has 2 saturated heterocycles. The Balaban J connectivity index is 1.03. The van der Waals surface area contributed by atoms with Gasteiger partial charge < -0.3 is 19.1 Å². The molecule has 9 nitrogen and oxygen atoms in total. The first kappa shape index (κ1) is 34.1. The van der Waals surface area contributed by atoms with Gasteiger partial charge in [0.2, 0.25) is 11.8 Å². The standard InChI is InChI=1S/C35H40Br2ClN5O4/c1-3-47-35(46)33-21(2)43(20-40-33)19-30(45)42-10-6-22(7-11-42)14-29(44)41-12-8-23(9-13-41)32-31-24(16-27(38)17-28(31)37)4-5-25-15-26(36)18-39-34(25)32/h15-18,20,22-23,32H,3-14,19H2,1-2H3/t32-/m1/s1. The van der Waals surface area contributed by atoms with E-state index in [1.807, 2.05) is 22.1 Å². The number of hydrogen-bond acceptors (Lipinski definition) is 6. The Bertz CT molecular complexity index is 1660. The highest BCUT2D eigenvalue weighted by molar-refractivity contribution is 9.10. The van der Waals surface area contributed by atoms with E-state index in [1.165, 1.54) is 23.0 Å². The number of piperidine rings is 2. The monoisotopic (exact) mass is 787 g/mol. The number of benzene rings is 1. The van der Waals surface area contributed by atoms with Crippen molar-refractivity contribution in [2.45, 2.75) is 71.3 Å². The summed E-state index contributed by atoms with van der Waals surface area (Å²) in [5.41, 5.74) is 5.84. The molecule has 2 aromatic heterocycles. The molecule has 4 heterocycles. The quantitative estimate of drug-likeness (QED) is 0.246. The summed E-state index contributed by atoms with van der Waals surface area (Å²) in [7, 11) is 0. The van der Waals surface area contributed by atoms with Crippen LogP contribution in [0.4, 0.5) is 0 Å². The van der Waals surface area contributed by atoms with E-state index in [1.54, 1.807) is 18.4 Å². The maximum atomic E-state index is 13.5. The number of carbonyl (C=O) groups is 3. The second-order valence-electron chi connectivity index (χ2n) is 12.9. The summed E-state index contributed by atoms with van der Waals surface area (Å²) in [6.07, 6.45) is 9.21. The van der Waals surface area contributed by atoms with Crippen molar-refractivity contribution >= 4 is 61.2 Å². The van der Waals surface area contributed by atoms with Gasteiger partial charge in [0.1, 0.15) is 6.54 Å². The smallest absolute Gasteiger partial charge is 0.358 e. The summed E-state index contributed by atoms with van der Waals surface area (Å²) >= 11 is 13.9. The van der Waals surface area contributed by atoms with Crippen molar-refractivity contribution in [1.82, 2.24) is 24.3 Å². The lowest BCUT2D eigenvalue weighted by Crippen LogP contribution is -2.43. The molecule has 0 unspecified atom stereocenters. The summed E-state index contributed by atoms with van der Waals surface area (Å²) in [5.74, 6) is 0.496. The van der Waals surface area contributed by atoms with E-state index >= 15 is 0 Å². The first-order chi connectivity index (χ1) is 22.6. The van der Waals surface area contributed by atoms with Crippen molar-refractivity contribution in [3.05, 3.63) is 78.5 Å². The minimum atomic E-state index is -0.477. The van der Waals surface area contributed by atoms with Crippen molar-refractivity contribution in [3.8, 4) is 0 Å². The predicted molar refractivity (Wildman–Crippen MR) is 186 cm³/mol. The normalized spacial score (nSPS) is 18.8. The molecule has 3 aliphatic rings. The molecule has 0 N–H and O–H groups in total. The van der Waals surface area contributed by atoms with Crippen LogP contribution in [-0.4, -0.2) is 74.9 Å². The molecule has 3 aromatic rings. The summed E-state index contributed by atoms with van der Waals surface area (Å²) in [6, 6.07) is 6.30. The molecule has 2 fully saturated rings. The second kappa shape index (κ2) is 14.8. The molecule has 6 rings (SSSR count). The Morgan fingerprint density at radius 1 is 0.936 bits per heavy atom. The SMILES string of the molecule is CCOC(=O)c1ncn(CC(=O)N2CCC(CC(=O)N3CCC([C@H]4c5ncc(Br)cc5CCc5cc(Cl)cc(Br)c54)CC3)CC2)c1C. The number of esters is 1. The van der Waals surface area contributed by atoms with Crippen molar-refractivity contribution in [1.29, 1.82) is 0 Å². The number of halogens is 3. The number of aryl methyl sites for hydroxylation is 2. The number of carbonyl (C=O) groups excluding carboxylic acids is 3. The molecular weight excluding hydrogens is 750 g/mol. The number of pyridine rings is 1. The highest BCUT2D eigenvalue weighted by atomic mass is 79.9. The minimum absolute atomic E-state index is 0.00910. The number of fused-ring (bicyclic) bond motifs is 2. The Hall–Kier alpha value is -2.76. The molecule has 1 atom stereocenters. The number of ether oxygens (including phenoxy) is 1. The lowest BCUT2D eigenvalue weighted by atomic mass is 9.76. The predicted octanol–water partition coefficient (Wildman–Crippen LogP) is 6.74. The molecule has 0 spiro atoms. The van der Waals surface area contributed by atoms with Gasteiger partial charge in [-0.15, -0.1) is 0 Å². The van der Waals surface area contributed by atoms with Crippen LogP contribution < -0.4 is 0 Å². The average Bonchev–Trinajstić information content (AvgIpc) is 3.32. The van der Waals surface area contributed by atoms with Gasteiger partial charge >= 0.3 is 5.97 Å². The topological polar surface area (TPSA) is 97.6 Å². The Morgan fingerprint density at radius 2 is 1.62 bits per heavy atom. The van der Waals surface area contributed by atoms with Gasteiger partial charge in [-0.2, -0.15) is 0 Å². The molecule has 1 aromatic carbocycles. The molecule has 2 amide bonds. The van der Waals surface area contributed by atoms with E-state index in [4.69, 9.17) is 21.3 Å². The average molecular weight is 790 g/mol. The van der Waals surface area contributed by atoms with Crippen LogP contribution in [0.3, 0.4) is 0 Å². The van der Waals surface area contributed by atoms with Gasteiger partial charge in [-0.3, -0.25) is 14.6 Å². The number of aromatic nitrogens is 3. The molecule has 0 bridgehead atoms. The van der Waals surface area contributed by atoms with Gasteiger partial charge in [0.15, 0.2) is 5.69 Å². The van der Waals surface area contributed by atoms with E-state index in [0.717, 1.165) is 71.3 Å². The van der Waals surface area contributed by atoms with Crippen LogP contribution in [0.2, 0.25) is 5.02 Å². The molecule has 2 aliphatic heterocycles. The van der Waals surface area contributed by atoms with E-state index < -0.39 is 5.97 Å². The lowest BCUT2D eigenvalue weighted by molar-refractivity contribution is -0.135. The van der Waals surface area contributed by atoms with E-state index in [2.05, 4.69) is 49.0 Å². The van der Waals surface area contributed by atoms with Crippen LogP contribution in [0, 0.1) is 18.8 Å². The van der Waals surface area contributed by atoms with Crippen LogP contribution in [0.25, 0.3) is 0 Å². The fourth-order valence-electron chi connectivity index (χ4n) is 7.52. The van der Waals surface area contributed by atoms with Crippen LogP contribution in [0.5, 0.6) is 0 Å². The highest BCUT2D eigenvalue weighted by Gasteiger charge is 2.37. The Labute approximate surface area is 297 Å². The summed E-state index contributed by atoms with van der Waals surface area (Å²) in [6.45, 7) is 6.64. The highest BCUT2D eigenvalue weighted by Crippen LogP contribution is 2.46. The van der Waals surface area contributed by atoms with E-state index in [-0.39, 0.29) is 42.5 Å². The molecule has 47 heavy (non-hydrogen) atoms. The van der Waals surface area contributed by atoms with Crippen molar-refractivity contribution < 1.29 is 19.1 Å². The molecule has 12 heteroatoms. The first-order valence-electron chi connectivity index (χ1n) is 16.5. The number of nitrogens with zero attached hydrogens (tertiary/aromatic N) is 5. The van der Waals surface area contributed by atoms with Crippen LogP contribution in [0.15, 0.2) is 39.7 Å². The third-order valence-electron chi connectivity index (χ3n) is 10.1. The zero-order chi connectivity index (χ0) is 33.2. The lowest BCUT2D eigenvalue weighted by Gasteiger charge is -2.38. The van der Waals surface area contributed by atoms with Crippen LogP contribution in [0.1, 0.15) is 83.5 Å². The van der Waals surface area contributed by atoms with Crippen LogP contribution in [-0.2, 0) is 33.7 Å². The number of rotatable bonds is 7. The first-order valence-corrected chi connectivity index (χ1v) is 18.5. The van der Waals surface area contributed by atoms with Crippen molar-refractivity contribution in [2.24, 2.45) is 11.8 Å². The van der Waals surface area contributed by atoms with Gasteiger partial charge in [-0.25, -0.2) is 9.78 Å². The Kier molecular flexibility index (Phi) is 10.7. The number of likely N-dealkylation sites (tertiary alicyclic amines) is 2. The van der Waals surface area contributed by atoms with Crippen molar-refractivity contribution in [3.63, 3.8) is 0 Å². The molecule has 0 radical (unpaired) electrons. The van der Waals surface area contributed by atoms with Gasteiger partial charge in [0, 0.05) is 64.4 Å². The zero-order valence-electron chi connectivity index (χ0n) is 26.8.